The fraction of sp³-hybridized carbons (Fsp3) is 0.455. The third-order valence-corrected chi connectivity index (χ3v) is 10.9. The Morgan fingerprint density at radius 2 is 1.85 bits per heavy atom. The molecule has 0 spiro atoms. The number of nitrogens with zero attached hydrogens (tertiary/aromatic N) is 5. The van der Waals surface area contributed by atoms with Gasteiger partial charge >= 0.3 is 0 Å². The zero-order valence-electron chi connectivity index (χ0n) is 26.2. The molecule has 242 valence electrons. The summed E-state index contributed by atoms with van der Waals surface area (Å²) in [6.07, 6.45) is 4.11. The molecule has 12 nitrogen and oxygen atoms in total. The standard InChI is InChI=1S/C33H39N6O6P/c1-4-24-27(44-46-39-17-11-16-25(39)33(2,45-46)23-14-9-6-10-15-23)28(42-19-18-41-3)32(43-24)38-21-36-26-29(34-20-35-30(26)38)37-31(40)22-12-7-5-8-13-22/h5-10,12-15,20-21,24-25,27-28,32H,4,11,16-19H2,1-3H3,(H,34,35,37,40)/t24-,25-,27+,28?,32-,33+,46-/m1/s1. The molecule has 46 heavy (non-hydrogen) atoms. The first-order valence-electron chi connectivity index (χ1n) is 15.8. The zero-order chi connectivity index (χ0) is 31.7. The summed E-state index contributed by atoms with van der Waals surface area (Å²) in [7, 11) is 0.257. The molecule has 13 heteroatoms. The Morgan fingerprint density at radius 3 is 2.61 bits per heavy atom. The molecule has 3 fully saturated rings. The maximum Gasteiger partial charge on any atom is 0.260 e. The number of methoxy groups -OCH3 is 1. The van der Waals surface area contributed by atoms with Gasteiger partial charge in [-0.3, -0.25) is 9.36 Å². The van der Waals surface area contributed by atoms with Gasteiger partial charge in [-0.1, -0.05) is 55.5 Å². The molecule has 1 amide bonds. The number of hydrogen-bond acceptors (Lipinski definition) is 10. The van der Waals surface area contributed by atoms with Crippen LogP contribution in [-0.2, 0) is 28.9 Å². The Hall–Kier alpha value is -3.35. The van der Waals surface area contributed by atoms with E-state index in [1.807, 2.05) is 28.8 Å². The Morgan fingerprint density at radius 1 is 1.07 bits per heavy atom. The first kappa shape index (κ1) is 31.3. The number of ether oxygens (including phenoxy) is 3. The SMILES string of the molecule is CC[C@H]1O[C@@H](n2cnc3c(NC(=O)c4ccccc4)ncnc32)C(OCCOC)[C@H]1O[P@]1O[C@@](C)(c2ccccc2)[C@H]2CCCN21. The second-order valence-electron chi connectivity index (χ2n) is 11.9. The zero-order valence-corrected chi connectivity index (χ0v) is 27.1. The van der Waals surface area contributed by atoms with Crippen LogP contribution in [0.4, 0.5) is 5.82 Å². The van der Waals surface area contributed by atoms with E-state index in [4.69, 9.17) is 23.3 Å². The molecule has 2 aromatic heterocycles. The van der Waals surface area contributed by atoms with Gasteiger partial charge in [0.1, 0.15) is 24.1 Å². The second-order valence-corrected chi connectivity index (χ2v) is 13.2. The smallest absolute Gasteiger partial charge is 0.260 e. The number of anilines is 1. The minimum Gasteiger partial charge on any atom is -0.382 e. The maximum absolute atomic E-state index is 12.9. The summed E-state index contributed by atoms with van der Waals surface area (Å²) in [6, 6.07) is 19.6. The molecular weight excluding hydrogens is 607 g/mol. The van der Waals surface area contributed by atoms with Crippen molar-refractivity contribution >= 4 is 31.4 Å². The van der Waals surface area contributed by atoms with Crippen LogP contribution in [0.3, 0.4) is 0 Å². The molecular formula is C33H39N6O6P. The number of fused-ring (bicyclic) bond motifs is 2. The van der Waals surface area contributed by atoms with Crippen LogP contribution >= 0.6 is 8.53 Å². The Labute approximate surface area is 269 Å². The lowest BCUT2D eigenvalue weighted by atomic mass is 9.87. The van der Waals surface area contributed by atoms with Gasteiger partial charge in [-0.2, -0.15) is 0 Å². The molecule has 5 heterocycles. The number of aromatic nitrogens is 4. The topological polar surface area (TPSA) is 122 Å². The highest BCUT2D eigenvalue weighted by atomic mass is 31.2. The van der Waals surface area contributed by atoms with Crippen molar-refractivity contribution in [3.05, 3.63) is 84.4 Å². The van der Waals surface area contributed by atoms with Crippen LogP contribution in [0.25, 0.3) is 11.2 Å². The van der Waals surface area contributed by atoms with Gasteiger partial charge in [-0.25, -0.2) is 19.6 Å². The van der Waals surface area contributed by atoms with E-state index < -0.39 is 32.6 Å². The average Bonchev–Trinajstić information content (AvgIpc) is 3.87. The Balaban J connectivity index is 1.18. The van der Waals surface area contributed by atoms with Crippen molar-refractivity contribution in [3.63, 3.8) is 0 Å². The van der Waals surface area contributed by atoms with E-state index in [1.165, 1.54) is 6.33 Å². The number of carbonyl (C=O) groups is 1. The highest BCUT2D eigenvalue weighted by Crippen LogP contribution is 2.64. The summed E-state index contributed by atoms with van der Waals surface area (Å²) in [5.74, 6) is 0.0320. The molecule has 7 rings (SSSR count). The monoisotopic (exact) mass is 646 g/mol. The van der Waals surface area contributed by atoms with Crippen LogP contribution in [0, 0.1) is 0 Å². The minimum absolute atomic E-state index is 0.228. The second kappa shape index (κ2) is 13.4. The number of benzene rings is 2. The van der Waals surface area contributed by atoms with Gasteiger partial charge < -0.3 is 28.6 Å². The number of carbonyl (C=O) groups excluding carboxylic acids is 1. The summed E-state index contributed by atoms with van der Waals surface area (Å²) in [5.41, 5.74) is 2.16. The van der Waals surface area contributed by atoms with Crippen molar-refractivity contribution in [1.82, 2.24) is 24.2 Å². The van der Waals surface area contributed by atoms with Gasteiger partial charge in [-0.15, -0.1) is 0 Å². The summed E-state index contributed by atoms with van der Waals surface area (Å²) in [4.78, 5) is 26.4. The molecule has 7 atom stereocenters. The summed E-state index contributed by atoms with van der Waals surface area (Å²) >= 11 is 0. The van der Waals surface area contributed by atoms with E-state index >= 15 is 0 Å². The van der Waals surface area contributed by atoms with Crippen LogP contribution < -0.4 is 5.32 Å². The number of imidazole rings is 1. The molecule has 3 saturated heterocycles. The van der Waals surface area contributed by atoms with Crippen LogP contribution in [0.15, 0.2) is 73.3 Å². The van der Waals surface area contributed by atoms with Crippen LogP contribution in [0.5, 0.6) is 0 Å². The summed E-state index contributed by atoms with van der Waals surface area (Å²) in [6.45, 7) is 5.95. The fourth-order valence-electron chi connectivity index (χ4n) is 6.71. The number of rotatable bonds is 11. The first-order chi connectivity index (χ1) is 22.5. The largest absolute Gasteiger partial charge is 0.382 e. The van der Waals surface area contributed by atoms with Crippen LogP contribution in [0.1, 0.15) is 55.3 Å². The first-order valence-corrected chi connectivity index (χ1v) is 16.9. The van der Waals surface area contributed by atoms with E-state index in [-0.39, 0.29) is 18.1 Å². The van der Waals surface area contributed by atoms with E-state index in [9.17, 15) is 4.79 Å². The van der Waals surface area contributed by atoms with E-state index in [1.54, 1.807) is 25.6 Å². The number of amides is 1. The number of nitrogens with one attached hydrogen (secondary N) is 1. The Bertz CT molecular complexity index is 1650. The van der Waals surface area contributed by atoms with Crippen LogP contribution in [-0.4, -0.2) is 81.3 Å². The summed E-state index contributed by atoms with van der Waals surface area (Å²) < 4.78 is 36.6. The van der Waals surface area contributed by atoms with Crippen molar-refractivity contribution in [3.8, 4) is 0 Å². The van der Waals surface area contributed by atoms with E-state index in [2.05, 4.69) is 63.1 Å². The molecule has 3 aliphatic rings. The van der Waals surface area contributed by atoms with Gasteiger partial charge in [0.2, 0.25) is 0 Å². The lowest BCUT2D eigenvalue weighted by Crippen LogP contribution is -2.37. The van der Waals surface area contributed by atoms with Crippen molar-refractivity contribution in [2.75, 3.05) is 32.2 Å². The predicted octanol–water partition coefficient (Wildman–Crippen LogP) is 5.44. The molecule has 0 saturated carbocycles. The maximum atomic E-state index is 12.9. The lowest BCUT2D eigenvalue weighted by molar-refractivity contribution is -0.0751. The molecule has 1 unspecified atom stereocenters. The lowest BCUT2D eigenvalue weighted by Gasteiger charge is -2.29. The van der Waals surface area contributed by atoms with E-state index in [0.29, 0.717) is 42.2 Å². The van der Waals surface area contributed by atoms with E-state index in [0.717, 1.165) is 24.9 Å². The van der Waals surface area contributed by atoms with Gasteiger partial charge in [0, 0.05) is 19.2 Å². The molecule has 2 aromatic carbocycles. The van der Waals surface area contributed by atoms with Crippen molar-refractivity contribution < 1.29 is 28.1 Å². The van der Waals surface area contributed by atoms with Crippen LogP contribution in [0.2, 0.25) is 0 Å². The highest BCUT2D eigenvalue weighted by molar-refractivity contribution is 7.45. The molecule has 0 radical (unpaired) electrons. The van der Waals surface area contributed by atoms with Crippen molar-refractivity contribution in [1.29, 1.82) is 0 Å². The molecule has 3 aliphatic heterocycles. The third-order valence-electron chi connectivity index (χ3n) is 9.08. The molecule has 0 bridgehead atoms. The van der Waals surface area contributed by atoms with Crippen molar-refractivity contribution in [2.45, 2.75) is 69.3 Å². The summed E-state index contributed by atoms with van der Waals surface area (Å²) in [5, 5.41) is 2.88. The third kappa shape index (κ3) is 5.73. The highest BCUT2D eigenvalue weighted by Gasteiger charge is 2.57. The fourth-order valence-corrected chi connectivity index (χ4v) is 8.87. The Kier molecular flexibility index (Phi) is 9.11. The molecule has 0 aliphatic carbocycles. The van der Waals surface area contributed by atoms with Crippen molar-refractivity contribution in [2.24, 2.45) is 0 Å². The number of hydrogen-bond donors (Lipinski definition) is 1. The molecule has 4 aromatic rings. The van der Waals surface area contributed by atoms with Gasteiger partial charge in [0.05, 0.1) is 31.7 Å². The van der Waals surface area contributed by atoms with Gasteiger partial charge in [0.25, 0.3) is 14.4 Å². The predicted molar refractivity (Wildman–Crippen MR) is 172 cm³/mol. The normalized spacial score (nSPS) is 29.4. The average molecular weight is 647 g/mol. The van der Waals surface area contributed by atoms with Gasteiger partial charge in [-0.05, 0) is 43.9 Å². The quantitative estimate of drug-likeness (QED) is 0.167. The minimum atomic E-state index is -1.39. The van der Waals surface area contributed by atoms with Gasteiger partial charge in [0.15, 0.2) is 23.2 Å². The molecule has 1 N–H and O–H groups in total.